The first-order valence-electron chi connectivity index (χ1n) is 7.41. The summed E-state index contributed by atoms with van der Waals surface area (Å²) in [7, 11) is 2.62. The van der Waals surface area contributed by atoms with E-state index in [1.165, 1.54) is 26.0 Å². The van der Waals surface area contributed by atoms with Crippen LogP contribution >= 0.6 is 11.8 Å². The van der Waals surface area contributed by atoms with Gasteiger partial charge in [-0.2, -0.15) is 5.26 Å². The predicted molar refractivity (Wildman–Crippen MR) is 94.5 cm³/mol. The molecule has 0 aliphatic carbocycles. The molecule has 2 rings (SSSR count). The van der Waals surface area contributed by atoms with Crippen LogP contribution in [0.2, 0.25) is 0 Å². The second-order valence-corrected chi connectivity index (χ2v) is 6.08. The van der Waals surface area contributed by atoms with Crippen molar-refractivity contribution in [2.45, 2.75) is 12.8 Å². The molecule has 7 heteroatoms. The van der Waals surface area contributed by atoms with Crippen molar-refractivity contribution in [3.63, 3.8) is 0 Å². The Labute approximate surface area is 150 Å². The van der Waals surface area contributed by atoms with Gasteiger partial charge in [-0.3, -0.25) is 0 Å². The number of hydrogen-bond donors (Lipinski definition) is 1. The van der Waals surface area contributed by atoms with Gasteiger partial charge in [-0.25, -0.2) is 9.59 Å². The zero-order chi connectivity index (χ0) is 18.6. The summed E-state index contributed by atoms with van der Waals surface area (Å²) in [5, 5.41) is 13.4. The van der Waals surface area contributed by atoms with E-state index in [0.29, 0.717) is 27.4 Å². The SMILES string of the molecule is COC(=O)C1=C(C)NC(SC)=C(C#N)C1c1ccc(C(=O)OC)cc1. The minimum Gasteiger partial charge on any atom is -0.466 e. The lowest BCUT2D eigenvalue weighted by Crippen LogP contribution is -2.28. The van der Waals surface area contributed by atoms with Crippen molar-refractivity contribution in [3.05, 3.63) is 57.3 Å². The lowest BCUT2D eigenvalue weighted by molar-refractivity contribution is -0.136. The molecule has 0 saturated heterocycles. The van der Waals surface area contributed by atoms with Gasteiger partial charge < -0.3 is 14.8 Å². The molecule has 1 aliphatic rings. The summed E-state index contributed by atoms with van der Waals surface area (Å²) < 4.78 is 9.60. The second kappa shape index (κ2) is 7.90. The molecule has 1 N–H and O–H groups in total. The van der Waals surface area contributed by atoms with Crippen molar-refractivity contribution in [1.29, 1.82) is 5.26 Å². The summed E-state index contributed by atoms with van der Waals surface area (Å²) >= 11 is 1.40. The number of nitrogens with one attached hydrogen (secondary N) is 1. The van der Waals surface area contributed by atoms with Crippen LogP contribution in [0.4, 0.5) is 0 Å². The van der Waals surface area contributed by atoms with E-state index < -0.39 is 17.9 Å². The number of thioether (sulfide) groups is 1. The van der Waals surface area contributed by atoms with E-state index in [4.69, 9.17) is 9.47 Å². The molecular formula is C18H18N2O4S. The van der Waals surface area contributed by atoms with Crippen LogP contribution in [0.5, 0.6) is 0 Å². The number of carbonyl (C=O) groups is 2. The first-order valence-corrected chi connectivity index (χ1v) is 8.63. The molecule has 0 aromatic heterocycles. The van der Waals surface area contributed by atoms with Gasteiger partial charge in [-0.1, -0.05) is 12.1 Å². The van der Waals surface area contributed by atoms with Crippen LogP contribution in [0.1, 0.15) is 28.8 Å². The third-order valence-electron chi connectivity index (χ3n) is 3.92. The molecule has 1 aromatic rings. The molecular weight excluding hydrogens is 340 g/mol. The minimum absolute atomic E-state index is 0.377. The van der Waals surface area contributed by atoms with Crippen molar-refractivity contribution >= 4 is 23.7 Å². The van der Waals surface area contributed by atoms with E-state index in [1.54, 1.807) is 31.2 Å². The lowest BCUT2D eigenvalue weighted by Gasteiger charge is -2.28. The number of carbonyl (C=O) groups excluding carboxylic acids is 2. The molecule has 25 heavy (non-hydrogen) atoms. The Bertz CT molecular complexity index is 803. The largest absolute Gasteiger partial charge is 0.466 e. The van der Waals surface area contributed by atoms with Gasteiger partial charge in [0, 0.05) is 5.70 Å². The minimum atomic E-state index is -0.562. The molecule has 1 aliphatic heterocycles. The summed E-state index contributed by atoms with van der Waals surface area (Å²) in [6, 6.07) is 8.85. The molecule has 1 atom stereocenters. The predicted octanol–water partition coefficient (Wildman–Crippen LogP) is 2.71. The molecule has 0 saturated carbocycles. The first kappa shape index (κ1) is 18.6. The monoisotopic (exact) mass is 358 g/mol. The van der Waals surface area contributed by atoms with Crippen LogP contribution in [0.3, 0.4) is 0 Å². The van der Waals surface area contributed by atoms with Gasteiger partial charge in [0.15, 0.2) is 0 Å². The van der Waals surface area contributed by atoms with Crippen LogP contribution < -0.4 is 5.32 Å². The Balaban J connectivity index is 2.60. The molecule has 130 valence electrons. The van der Waals surface area contributed by atoms with Crippen LogP contribution in [0.15, 0.2) is 46.1 Å². The molecule has 0 bridgehead atoms. The van der Waals surface area contributed by atoms with Gasteiger partial charge in [0.05, 0.1) is 47.9 Å². The molecule has 1 aromatic carbocycles. The van der Waals surface area contributed by atoms with E-state index in [9.17, 15) is 14.9 Å². The fourth-order valence-corrected chi connectivity index (χ4v) is 3.36. The van der Waals surface area contributed by atoms with Gasteiger partial charge in [-0.05, 0) is 30.9 Å². The standard InChI is InChI=1S/C18H18N2O4S/c1-10-14(18(22)24-3)15(13(9-19)16(20-10)25-4)11-5-7-12(8-6-11)17(21)23-2/h5-8,15,20H,1-4H3. The quantitative estimate of drug-likeness (QED) is 0.828. The Morgan fingerprint density at radius 1 is 1.16 bits per heavy atom. The third kappa shape index (κ3) is 3.54. The number of nitriles is 1. The molecule has 0 radical (unpaired) electrons. The highest BCUT2D eigenvalue weighted by Gasteiger charge is 2.34. The molecule has 0 fully saturated rings. The number of ether oxygens (including phenoxy) is 2. The van der Waals surface area contributed by atoms with Crippen LogP contribution in [-0.2, 0) is 14.3 Å². The van der Waals surface area contributed by atoms with Gasteiger partial charge in [0.25, 0.3) is 0 Å². The summed E-state index contributed by atoms with van der Waals surface area (Å²) in [5.74, 6) is -1.51. The van der Waals surface area contributed by atoms with Gasteiger partial charge >= 0.3 is 11.9 Å². The second-order valence-electron chi connectivity index (χ2n) is 5.26. The van der Waals surface area contributed by atoms with E-state index in [-0.39, 0.29) is 0 Å². The molecule has 6 nitrogen and oxygen atoms in total. The molecule has 1 heterocycles. The highest BCUT2D eigenvalue weighted by molar-refractivity contribution is 8.02. The van der Waals surface area contributed by atoms with Gasteiger partial charge in [0.2, 0.25) is 0 Å². The maximum absolute atomic E-state index is 12.3. The zero-order valence-electron chi connectivity index (χ0n) is 14.4. The highest BCUT2D eigenvalue weighted by Crippen LogP contribution is 2.40. The Hall–Kier alpha value is -2.72. The molecule has 0 spiro atoms. The van der Waals surface area contributed by atoms with Crippen molar-refractivity contribution in [2.24, 2.45) is 0 Å². The lowest BCUT2D eigenvalue weighted by atomic mass is 9.82. The van der Waals surface area contributed by atoms with Crippen molar-refractivity contribution in [1.82, 2.24) is 5.32 Å². The van der Waals surface area contributed by atoms with Gasteiger partial charge in [-0.15, -0.1) is 11.8 Å². The number of esters is 2. The van der Waals surface area contributed by atoms with Crippen molar-refractivity contribution in [3.8, 4) is 6.07 Å². The van der Waals surface area contributed by atoms with Crippen LogP contribution in [0, 0.1) is 11.3 Å². The average Bonchev–Trinajstić information content (AvgIpc) is 2.65. The maximum atomic E-state index is 12.3. The van der Waals surface area contributed by atoms with E-state index in [1.807, 2.05) is 6.26 Å². The van der Waals surface area contributed by atoms with Crippen LogP contribution in [-0.4, -0.2) is 32.4 Å². The van der Waals surface area contributed by atoms with Crippen molar-refractivity contribution in [2.75, 3.05) is 20.5 Å². The summed E-state index contributed by atoms with van der Waals surface area (Å²) in [6.07, 6.45) is 1.85. The number of methoxy groups -OCH3 is 2. The normalized spacial score (nSPS) is 16.8. The maximum Gasteiger partial charge on any atom is 0.337 e. The van der Waals surface area contributed by atoms with Crippen LogP contribution in [0.25, 0.3) is 0 Å². The fraction of sp³-hybridized carbons (Fsp3) is 0.278. The fourth-order valence-electron chi connectivity index (χ4n) is 2.72. The van der Waals surface area contributed by atoms with E-state index in [0.717, 1.165) is 5.56 Å². The Morgan fingerprint density at radius 3 is 2.24 bits per heavy atom. The first-order chi connectivity index (χ1) is 12.0. The van der Waals surface area contributed by atoms with E-state index >= 15 is 0 Å². The summed E-state index contributed by atoms with van der Waals surface area (Å²) in [6.45, 7) is 1.77. The number of hydrogen-bond acceptors (Lipinski definition) is 7. The molecule has 0 amide bonds. The van der Waals surface area contributed by atoms with E-state index in [2.05, 4.69) is 11.4 Å². The number of benzene rings is 1. The zero-order valence-corrected chi connectivity index (χ0v) is 15.2. The summed E-state index contributed by atoms with van der Waals surface area (Å²) in [4.78, 5) is 23.9. The number of nitrogens with zero attached hydrogens (tertiary/aromatic N) is 1. The number of allylic oxidation sites excluding steroid dienone is 2. The summed E-state index contributed by atoms with van der Waals surface area (Å²) in [5.41, 5.74) is 2.56. The number of dihydropyridines is 1. The molecule has 1 unspecified atom stereocenters. The Kier molecular flexibility index (Phi) is 5.88. The topological polar surface area (TPSA) is 88.4 Å². The van der Waals surface area contributed by atoms with Crippen molar-refractivity contribution < 1.29 is 19.1 Å². The average molecular weight is 358 g/mol. The smallest absolute Gasteiger partial charge is 0.337 e. The highest BCUT2D eigenvalue weighted by atomic mass is 32.2. The van der Waals surface area contributed by atoms with Gasteiger partial charge in [0.1, 0.15) is 0 Å². The Morgan fingerprint density at radius 2 is 1.76 bits per heavy atom. The number of rotatable bonds is 4. The third-order valence-corrected chi connectivity index (χ3v) is 4.65.